The molecule has 0 aliphatic rings. The highest BCUT2D eigenvalue weighted by Crippen LogP contribution is 2.30. The monoisotopic (exact) mass is 374 g/mol. The number of carbonyl (C=O) groups excluding carboxylic acids is 1. The molecule has 1 atom stereocenters. The molecule has 1 unspecified atom stereocenters. The highest BCUT2D eigenvalue weighted by Gasteiger charge is 2.14. The van der Waals surface area contributed by atoms with Crippen molar-refractivity contribution in [2.45, 2.75) is 26.3 Å². The van der Waals surface area contributed by atoms with Crippen LogP contribution in [-0.2, 0) is 9.59 Å². The number of benzene rings is 1. The zero-order valence-electron chi connectivity index (χ0n) is 15.1. The standard InChI is InChI=1S/C17H26N2O5.ClH/c1-5-24-14-7-6-13(10-15(14)23-4)12(2)18-16(20)11-19(3)9-8-17(21)22;/h6-7,10,12H,5,8-9,11H2,1-4H3,(H,18,20)(H,21,22);1H. The number of aliphatic carboxylic acids is 1. The zero-order chi connectivity index (χ0) is 18.1. The predicted octanol–water partition coefficient (Wildman–Crippen LogP) is 2.10. The van der Waals surface area contributed by atoms with E-state index in [1.165, 1.54) is 0 Å². The fraction of sp³-hybridized carbons (Fsp3) is 0.529. The van der Waals surface area contributed by atoms with Crippen molar-refractivity contribution >= 4 is 24.3 Å². The van der Waals surface area contributed by atoms with E-state index < -0.39 is 5.97 Å². The van der Waals surface area contributed by atoms with Crippen LogP contribution in [0.2, 0.25) is 0 Å². The molecule has 25 heavy (non-hydrogen) atoms. The van der Waals surface area contributed by atoms with Gasteiger partial charge in [-0.1, -0.05) is 6.07 Å². The van der Waals surface area contributed by atoms with Crippen molar-refractivity contribution in [1.29, 1.82) is 0 Å². The van der Waals surface area contributed by atoms with Gasteiger partial charge in [0.05, 0.1) is 32.7 Å². The molecule has 0 saturated heterocycles. The molecule has 0 radical (unpaired) electrons. The lowest BCUT2D eigenvalue weighted by molar-refractivity contribution is -0.137. The van der Waals surface area contributed by atoms with Crippen molar-refractivity contribution in [3.8, 4) is 11.5 Å². The number of hydrogen-bond donors (Lipinski definition) is 2. The Morgan fingerprint density at radius 1 is 1.32 bits per heavy atom. The van der Waals surface area contributed by atoms with Gasteiger partial charge in [-0.2, -0.15) is 0 Å². The molecule has 0 aromatic heterocycles. The number of carboxylic acids is 1. The summed E-state index contributed by atoms with van der Waals surface area (Å²) in [7, 11) is 3.29. The van der Waals surface area contributed by atoms with Crippen LogP contribution in [0.5, 0.6) is 11.5 Å². The maximum atomic E-state index is 12.0. The number of hydrogen-bond acceptors (Lipinski definition) is 5. The molecule has 142 valence electrons. The third kappa shape index (κ3) is 8.09. The zero-order valence-corrected chi connectivity index (χ0v) is 15.9. The number of halogens is 1. The minimum Gasteiger partial charge on any atom is -0.493 e. The van der Waals surface area contributed by atoms with E-state index >= 15 is 0 Å². The third-order valence-corrected chi connectivity index (χ3v) is 3.49. The number of amides is 1. The van der Waals surface area contributed by atoms with E-state index in [0.717, 1.165) is 5.56 Å². The summed E-state index contributed by atoms with van der Waals surface area (Å²) >= 11 is 0. The lowest BCUT2D eigenvalue weighted by Gasteiger charge is -2.19. The van der Waals surface area contributed by atoms with Crippen molar-refractivity contribution in [2.75, 3.05) is 33.9 Å². The molecule has 0 heterocycles. The van der Waals surface area contributed by atoms with E-state index in [-0.39, 0.29) is 37.3 Å². The summed E-state index contributed by atoms with van der Waals surface area (Å²) in [5.74, 6) is 0.241. The maximum absolute atomic E-state index is 12.0. The minimum atomic E-state index is -0.878. The quantitative estimate of drug-likeness (QED) is 0.652. The van der Waals surface area contributed by atoms with Gasteiger partial charge in [0.25, 0.3) is 0 Å². The molecule has 0 aliphatic heterocycles. The molecule has 0 spiro atoms. The van der Waals surface area contributed by atoms with Gasteiger partial charge < -0.3 is 19.9 Å². The molecule has 1 amide bonds. The number of likely N-dealkylation sites (N-methyl/N-ethyl adjacent to an activating group) is 1. The fourth-order valence-electron chi connectivity index (χ4n) is 2.21. The van der Waals surface area contributed by atoms with Crippen LogP contribution < -0.4 is 14.8 Å². The fourth-order valence-corrected chi connectivity index (χ4v) is 2.21. The van der Waals surface area contributed by atoms with Gasteiger partial charge in [-0.3, -0.25) is 14.5 Å². The summed E-state index contributed by atoms with van der Waals surface area (Å²) < 4.78 is 10.8. The normalized spacial score (nSPS) is 11.4. The number of nitrogens with one attached hydrogen (secondary N) is 1. The van der Waals surface area contributed by atoms with Crippen LogP contribution in [0.4, 0.5) is 0 Å². The van der Waals surface area contributed by atoms with Gasteiger partial charge in [0.15, 0.2) is 11.5 Å². The van der Waals surface area contributed by atoms with Gasteiger partial charge in [0.2, 0.25) is 5.91 Å². The average molecular weight is 375 g/mol. The highest BCUT2D eigenvalue weighted by molar-refractivity contribution is 5.85. The molecule has 1 rings (SSSR count). The maximum Gasteiger partial charge on any atom is 0.304 e. The number of nitrogens with zero attached hydrogens (tertiary/aromatic N) is 1. The molecule has 1 aromatic carbocycles. The number of ether oxygens (including phenoxy) is 2. The average Bonchev–Trinajstić information content (AvgIpc) is 2.53. The Bertz CT molecular complexity index is 568. The van der Waals surface area contributed by atoms with E-state index in [0.29, 0.717) is 24.7 Å². The van der Waals surface area contributed by atoms with E-state index in [4.69, 9.17) is 14.6 Å². The van der Waals surface area contributed by atoms with Crippen LogP contribution in [0.3, 0.4) is 0 Å². The number of rotatable bonds is 10. The summed E-state index contributed by atoms with van der Waals surface area (Å²) in [6.07, 6.45) is 0.00935. The largest absolute Gasteiger partial charge is 0.493 e. The van der Waals surface area contributed by atoms with Gasteiger partial charge >= 0.3 is 5.97 Å². The Morgan fingerprint density at radius 3 is 2.56 bits per heavy atom. The Labute approximate surface area is 154 Å². The van der Waals surface area contributed by atoms with Crippen molar-refractivity contribution in [3.63, 3.8) is 0 Å². The van der Waals surface area contributed by atoms with E-state index in [9.17, 15) is 9.59 Å². The van der Waals surface area contributed by atoms with Crippen LogP contribution in [-0.4, -0.2) is 55.7 Å². The van der Waals surface area contributed by atoms with Gasteiger partial charge in [-0.15, -0.1) is 12.4 Å². The molecule has 1 aromatic rings. The number of carboxylic acid groups (broad SMARTS) is 1. The third-order valence-electron chi connectivity index (χ3n) is 3.49. The summed E-state index contributed by atoms with van der Waals surface area (Å²) in [6.45, 7) is 4.80. The van der Waals surface area contributed by atoms with Crippen molar-refractivity contribution in [2.24, 2.45) is 0 Å². The number of carbonyl (C=O) groups is 2. The summed E-state index contributed by atoms with van der Waals surface area (Å²) in [5, 5.41) is 11.5. The summed E-state index contributed by atoms with van der Waals surface area (Å²) in [6, 6.07) is 5.34. The van der Waals surface area contributed by atoms with Crippen LogP contribution in [0, 0.1) is 0 Å². The van der Waals surface area contributed by atoms with E-state index in [1.807, 2.05) is 32.0 Å². The molecule has 2 N–H and O–H groups in total. The lowest BCUT2D eigenvalue weighted by atomic mass is 10.1. The molecule has 7 nitrogen and oxygen atoms in total. The SMILES string of the molecule is CCOc1ccc(C(C)NC(=O)CN(C)CCC(=O)O)cc1OC.Cl. The molecule has 0 aliphatic carbocycles. The highest BCUT2D eigenvalue weighted by atomic mass is 35.5. The first kappa shape index (κ1) is 23.0. The van der Waals surface area contributed by atoms with E-state index in [1.54, 1.807) is 19.1 Å². The molecule has 0 bridgehead atoms. The first-order chi connectivity index (χ1) is 11.4. The molecule has 0 saturated carbocycles. The molecule has 8 heteroatoms. The Hall–Kier alpha value is -1.99. The Balaban J connectivity index is 0.00000576. The summed E-state index contributed by atoms with van der Waals surface area (Å²) in [4.78, 5) is 24.3. The number of methoxy groups -OCH3 is 1. The Kier molecular flexibility index (Phi) is 10.6. The van der Waals surface area contributed by atoms with E-state index in [2.05, 4.69) is 5.32 Å². The second-order valence-electron chi connectivity index (χ2n) is 5.51. The molecular formula is C17H27ClN2O5. The second kappa shape index (κ2) is 11.5. The van der Waals surface area contributed by atoms with Crippen molar-refractivity contribution in [3.05, 3.63) is 23.8 Å². The topological polar surface area (TPSA) is 88.1 Å². The van der Waals surface area contributed by atoms with Crippen LogP contribution in [0.15, 0.2) is 18.2 Å². The van der Waals surface area contributed by atoms with Gasteiger partial charge in [-0.05, 0) is 38.6 Å². The molecular weight excluding hydrogens is 348 g/mol. The summed E-state index contributed by atoms with van der Waals surface area (Å²) in [5.41, 5.74) is 0.900. The molecule has 0 fully saturated rings. The predicted molar refractivity (Wildman–Crippen MR) is 97.7 cm³/mol. The minimum absolute atomic E-state index is 0. The smallest absolute Gasteiger partial charge is 0.304 e. The van der Waals surface area contributed by atoms with Gasteiger partial charge in [-0.25, -0.2) is 0 Å². The second-order valence-corrected chi connectivity index (χ2v) is 5.51. The Morgan fingerprint density at radius 2 is 2.00 bits per heavy atom. The first-order valence-corrected chi connectivity index (χ1v) is 7.87. The van der Waals surface area contributed by atoms with Crippen molar-refractivity contribution in [1.82, 2.24) is 10.2 Å². The van der Waals surface area contributed by atoms with Crippen LogP contribution in [0.1, 0.15) is 31.9 Å². The van der Waals surface area contributed by atoms with Crippen molar-refractivity contribution < 1.29 is 24.2 Å². The first-order valence-electron chi connectivity index (χ1n) is 7.87. The lowest BCUT2D eigenvalue weighted by Crippen LogP contribution is -2.37. The van der Waals surface area contributed by atoms with Gasteiger partial charge in [0, 0.05) is 6.54 Å². The van der Waals surface area contributed by atoms with Gasteiger partial charge in [0.1, 0.15) is 0 Å². The van der Waals surface area contributed by atoms with Crippen LogP contribution in [0.25, 0.3) is 0 Å². The van der Waals surface area contributed by atoms with Crippen LogP contribution >= 0.6 is 12.4 Å².